The third kappa shape index (κ3) is 3.32. The largest absolute Gasteiger partial charge is 2.00 e. The van der Waals surface area contributed by atoms with Crippen molar-refractivity contribution in [2.45, 2.75) is 25.8 Å². The fourth-order valence-electron chi connectivity index (χ4n) is 2.42. The fourth-order valence-corrected chi connectivity index (χ4v) is 2.42. The third-order valence-electron chi connectivity index (χ3n) is 3.22. The molecule has 82 valence electrons. The average Bonchev–Trinajstić information content (AvgIpc) is 2.52. The Kier molecular flexibility index (Phi) is 7.28. The molecular weight excluding hydrogens is 344 g/mol. The molecule has 14 heavy (non-hydrogen) atoms. The Labute approximate surface area is 103 Å². The molecule has 2 fully saturated rings. The number of hydrogen-bond acceptors (Lipinski definition) is 2. The van der Waals surface area contributed by atoms with Crippen LogP contribution in [0.15, 0.2) is 0 Å². The van der Waals surface area contributed by atoms with Crippen LogP contribution in [0.5, 0.6) is 0 Å². The van der Waals surface area contributed by atoms with Gasteiger partial charge in [0, 0.05) is 6.04 Å². The number of likely N-dealkylation sites (N-methyl/N-ethyl adjacent to an activating group) is 1. The van der Waals surface area contributed by atoms with E-state index in [0.29, 0.717) is 0 Å². The van der Waals surface area contributed by atoms with E-state index in [2.05, 4.69) is 30.8 Å². The predicted molar refractivity (Wildman–Crippen MR) is 57.1 cm³/mol. The average molecular weight is 366 g/mol. The number of piperidine rings is 1. The van der Waals surface area contributed by atoms with Crippen LogP contribution in [0.25, 0.3) is 0 Å². The molecule has 2 heterocycles. The summed E-state index contributed by atoms with van der Waals surface area (Å²) < 4.78 is 0. The van der Waals surface area contributed by atoms with Gasteiger partial charge in [-0.1, -0.05) is 0 Å². The van der Waals surface area contributed by atoms with Crippen LogP contribution in [0.1, 0.15) is 19.8 Å². The summed E-state index contributed by atoms with van der Waals surface area (Å²) in [6.45, 7) is 8.68. The van der Waals surface area contributed by atoms with Crippen molar-refractivity contribution in [2.24, 2.45) is 5.92 Å². The van der Waals surface area contributed by atoms with Crippen LogP contribution in [0.4, 0.5) is 0 Å². The van der Waals surface area contributed by atoms with Crippen molar-refractivity contribution in [2.75, 3.05) is 26.7 Å². The van der Waals surface area contributed by atoms with Gasteiger partial charge < -0.3 is 16.7 Å². The summed E-state index contributed by atoms with van der Waals surface area (Å²) in [4.78, 5) is 4.70. The first-order valence-corrected chi connectivity index (χ1v) is 5.24. The minimum Gasteiger partial charge on any atom is -0.458 e. The number of fused-ring (bicyclic) bond motifs is 1. The Hall–Kier alpha value is 0.608. The van der Waals surface area contributed by atoms with Crippen LogP contribution in [-0.2, 0) is 21.1 Å². The fraction of sp³-hybridized carbons (Fsp3) is 0.818. The van der Waals surface area contributed by atoms with E-state index < -0.39 is 0 Å². The Balaban J connectivity index is 0.000000531. The number of hydrogen-bond donors (Lipinski definition) is 0. The van der Waals surface area contributed by atoms with Crippen LogP contribution in [0.3, 0.4) is 0 Å². The molecule has 0 aliphatic carbocycles. The molecule has 2 aliphatic rings. The monoisotopic (exact) mass is 366 g/mol. The maximum absolute atomic E-state index is 4.00. The maximum atomic E-state index is 4.00. The Bertz CT molecular complexity index is 152. The van der Waals surface area contributed by atoms with E-state index in [1.165, 1.54) is 32.5 Å². The van der Waals surface area contributed by atoms with Crippen molar-refractivity contribution in [3.05, 3.63) is 14.0 Å². The minimum absolute atomic E-state index is 0. The first-order chi connectivity index (χ1) is 6.27. The Morgan fingerprint density at radius 2 is 1.71 bits per heavy atom. The summed E-state index contributed by atoms with van der Waals surface area (Å²) in [6.07, 6.45) is 2.77. The molecule has 0 amide bonds. The molecule has 0 aromatic rings. The molecule has 0 radical (unpaired) electrons. The molecule has 0 spiro atoms. The summed E-state index contributed by atoms with van der Waals surface area (Å²) in [5.74, 6) is 0.970. The van der Waals surface area contributed by atoms with Gasteiger partial charge in [0.05, 0.1) is 0 Å². The van der Waals surface area contributed by atoms with Crippen LogP contribution >= 0.6 is 0 Å². The second-order valence-electron chi connectivity index (χ2n) is 3.96. The van der Waals surface area contributed by atoms with Crippen molar-refractivity contribution in [3.8, 4) is 0 Å². The maximum Gasteiger partial charge on any atom is 2.00 e. The standard InChI is InChI=1S/C9H17N2.C2H5.W/c1-10-5-3-8-4-6-11(2)9(8)7-10;1-2;/h8-9H,1,3-7H2,2H3;1H2,2H3;/q2*-1;+2/t8-,9-;;/m0../s1. The summed E-state index contributed by atoms with van der Waals surface area (Å²) >= 11 is 0. The topological polar surface area (TPSA) is 6.48 Å². The van der Waals surface area contributed by atoms with Gasteiger partial charge in [-0.3, -0.25) is 7.05 Å². The van der Waals surface area contributed by atoms with E-state index in [1.807, 2.05) is 0 Å². The number of likely N-dealkylation sites (tertiary alicyclic amines) is 2. The molecule has 3 heteroatoms. The van der Waals surface area contributed by atoms with Gasteiger partial charge >= 0.3 is 21.1 Å². The van der Waals surface area contributed by atoms with E-state index in [0.717, 1.165) is 12.0 Å². The van der Waals surface area contributed by atoms with Crippen LogP contribution in [0.2, 0.25) is 0 Å². The minimum atomic E-state index is 0. The molecule has 2 aliphatic heterocycles. The van der Waals surface area contributed by atoms with Gasteiger partial charge in [-0.2, -0.15) is 6.92 Å². The zero-order valence-corrected chi connectivity index (χ0v) is 12.3. The summed E-state index contributed by atoms with van der Waals surface area (Å²) in [6, 6.07) is 0.807. The van der Waals surface area contributed by atoms with Crippen LogP contribution in [-0.4, -0.2) is 42.5 Å². The zero-order valence-electron chi connectivity index (χ0n) is 9.41. The molecule has 0 aromatic carbocycles. The molecule has 0 aromatic heterocycles. The van der Waals surface area contributed by atoms with E-state index in [1.54, 1.807) is 6.92 Å². The van der Waals surface area contributed by atoms with Gasteiger partial charge in [-0.05, 0) is 45.4 Å². The van der Waals surface area contributed by atoms with Gasteiger partial charge in [0.15, 0.2) is 0 Å². The van der Waals surface area contributed by atoms with Crippen LogP contribution in [0, 0.1) is 19.9 Å². The molecular formula is C11H22N2W. The van der Waals surface area contributed by atoms with E-state index >= 15 is 0 Å². The van der Waals surface area contributed by atoms with Crippen molar-refractivity contribution < 1.29 is 21.1 Å². The van der Waals surface area contributed by atoms with Crippen LogP contribution < -0.4 is 0 Å². The van der Waals surface area contributed by atoms with Crippen molar-refractivity contribution in [3.63, 3.8) is 0 Å². The van der Waals surface area contributed by atoms with E-state index in [-0.39, 0.29) is 21.1 Å². The first kappa shape index (κ1) is 14.6. The summed E-state index contributed by atoms with van der Waals surface area (Å²) in [5, 5.41) is 0. The van der Waals surface area contributed by atoms with Crippen molar-refractivity contribution >= 4 is 0 Å². The van der Waals surface area contributed by atoms with E-state index in [4.69, 9.17) is 0 Å². The molecule has 2 saturated heterocycles. The van der Waals surface area contributed by atoms with Gasteiger partial charge in [0.25, 0.3) is 0 Å². The number of rotatable bonds is 0. The van der Waals surface area contributed by atoms with Crippen molar-refractivity contribution in [1.29, 1.82) is 0 Å². The second kappa shape index (κ2) is 6.98. The van der Waals surface area contributed by atoms with E-state index in [9.17, 15) is 0 Å². The van der Waals surface area contributed by atoms with Gasteiger partial charge in [0.2, 0.25) is 0 Å². The number of nitrogens with zero attached hydrogens (tertiary/aromatic N) is 2. The van der Waals surface area contributed by atoms with Crippen molar-refractivity contribution in [1.82, 2.24) is 9.80 Å². The quantitative estimate of drug-likeness (QED) is 0.602. The third-order valence-corrected chi connectivity index (χ3v) is 3.22. The molecule has 0 unspecified atom stereocenters. The molecule has 0 N–H and O–H groups in total. The van der Waals surface area contributed by atoms with Gasteiger partial charge in [0.1, 0.15) is 0 Å². The molecule has 0 bridgehead atoms. The molecule has 0 saturated carbocycles. The summed E-state index contributed by atoms with van der Waals surface area (Å²) in [5.41, 5.74) is 0. The molecule has 2 atom stereocenters. The molecule has 2 nitrogen and oxygen atoms in total. The first-order valence-electron chi connectivity index (χ1n) is 5.24. The predicted octanol–water partition coefficient (Wildman–Crippen LogP) is 1.64. The molecule has 2 rings (SSSR count). The van der Waals surface area contributed by atoms with Gasteiger partial charge in [-0.25, -0.2) is 0 Å². The normalized spacial score (nSPS) is 32.6. The Morgan fingerprint density at radius 3 is 2.36 bits per heavy atom. The smallest absolute Gasteiger partial charge is 0.458 e. The Morgan fingerprint density at radius 1 is 1.14 bits per heavy atom. The second-order valence-corrected chi connectivity index (χ2v) is 3.96. The zero-order chi connectivity index (χ0) is 9.84. The SMILES string of the molecule is [CH2-]C.[CH2-]N1CC[C@H]2CCN(C)[C@H]2C1.[W+2]. The van der Waals surface area contributed by atoms with Gasteiger partial charge in [-0.15, -0.1) is 0 Å². The summed E-state index contributed by atoms with van der Waals surface area (Å²) in [7, 11) is 6.24.